The predicted octanol–water partition coefficient (Wildman–Crippen LogP) is 1.86. The average molecular weight is 313 g/mol. The molecular weight excluding hydrogens is 298 g/mol. The average Bonchev–Trinajstić information content (AvgIpc) is 2.95. The molecule has 0 fully saturated rings. The van der Waals surface area contributed by atoms with E-state index in [0.29, 0.717) is 30.1 Å². The number of rotatable bonds is 4. The van der Waals surface area contributed by atoms with Crippen molar-refractivity contribution in [3.63, 3.8) is 0 Å². The standard InChI is InChI=1S/C16H15N3O4/c1-10-8-11(20)9-15(22)19(10)7-6-14-17-18-16(23-14)12-4-2-3-5-13(12)21/h2-5,8-9,20-21H,6-7H2,1H3. The van der Waals surface area contributed by atoms with E-state index < -0.39 is 0 Å². The molecule has 0 aliphatic carbocycles. The second-order valence-corrected chi connectivity index (χ2v) is 5.11. The van der Waals surface area contributed by atoms with E-state index in [-0.39, 0.29) is 22.9 Å². The fourth-order valence-corrected chi connectivity index (χ4v) is 2.32. The largest absolute Gasteiger partial charge is 0.508 e. The number of hydrogen-bond acceptors (Lipinski definition) is 6. The first-order valence-electron chi connectivity index (χ1n) is 7.06. The first kappa shape index (κ1) is 14.8. The Morgan fingerprint density at radius 2 is 1.96 bits per heavy atom. The molecule has 1 aromatic carbocycles. The fourth-order valence-electron chi connectivity index (χ4n) is 2.32. The molecule has 2 heterocycles. The van der Waals surface area contributed by atoms with Gasteiger partial charge in [0.2, 0.25) is 5.89 Å². The lowest BCUT2D eigenvalue weighted by Crippen LogP contribution is -2.22. The Bertz CT molecular complexity index is 898. The summed E-state index contributed by atoms with van der Waals surface area (Å²) in [7, 11) is 0. The number of hydrogen-bond donors (Lipinski definition) is 2. The monoisotopic (exact) mass is 313 g/mol. The van der Waals surface area contributed by atoms with Gasteiger partial charge in [0.05, 0.1) is 5.56 Å². The molecule has 0 bridgehead atoms. The summed E-state index contributed by atoms with van der Waals surface area (Å²) in [4.78, 5) is 11.9. The molecule has 2 aromatic heterocycles. The summed E-state index contributed by atoms with van der Waals surface area (Å²) in [6.45, 7) is 2.09. The van der Waals surface area contributed by atoms with E-state index >= 15 is 0 Å². The summed E-state index contributed by atoms with van der Waals surface area (Å²) in [6, 6.07) is 9.37. The number of aromatic nitrogens is 3. The predicted molar refractivity (Wildman–Crippen MR) is 82.2 cm³/mol. The van der Waals surface area contributed by atoms with Gasteiger partial charge in [0.1, 0.15) is 11.5 Å². The minimum Gasteiger partial charge on any atom is -0.508 e. The van der Waals surface area contributed by atoms with Crippen LogP contribution in [0.25, 0.3) is 11.5 Å². The van der Waals surface area contributed by atoms with E-state index in [4.69, 9.17) is 4.42 Å². The van der Waals surface area contributed by atoms with Gasteiger partial charge in [0.15, 0.2) is 0 Å². The Labute approximate surface area is 131 Å². The molecule has 0 saturated carbocycles. The zero-order valence-corrected chi connectivity index (χ0v) is 12.4. The van der Waals surface area contributed by atoms with Crippen molar-refractivity contribution >= 4 is 0 Å². The molecule has 0 spiro atoms. The maximum Gasteiger partial charge on any atom is 0.254 e. The topological polar surface area (TPSA) is 101 Å². The normalized spacial score (nSPS) is 10.8. The third kappa shape index (κ3) is 3.08. The molecule has 0 amide bonds. The highest BCUT2D eigenvalue weighted by atomic mass is 16.4. The minimum atomic E-state index is -0.289. The zero-order chi connectivity index (χ0) is 16.4. The van der Waals surface area contributed by atoms with E-state index in [2.05, 4.69) is 10.2 Å². The molecule has 0 unspecified atom stereocenters. The van der Waals surface area contributed by atoms with Crippen LogP contribution in [0.15, 0.2) is 45.6 Å². The highest BCUT2D eigenvalue weighted by Crippen LogP contribution is 2.27. The van der Waals surface area contributed by atoms with Crippen LogP contribution in [0, 0.1) is 6.92 Å². The van der Waals surface area contributed by atoms with Gasteiger partial charge in [0.25, 0.3) is 11.4 Å². The first-order valence-corrected chi connectivity index (χ1v) is 7.06. The van der Waals surface area contributed by atoms with Gasteiger partial charge in [-0.25, -0.2) is 0 Å². The quantitative estimate of drug-likeness (QED) is 0.762. The van der Waals surface area contributed by atoms with Crippen molar-refractivity contribution in [2.75, 3.05) is 0 Å². The lowest BCUT2D eigenvalue weighted by molar-refractivity contribution is 0.458. The maximum absolute atomic E-state index is 11.9. The Hall–Kier alpha value is -3.09. The van der Waals surface area contributed by atoms with Crippen LogP contribution >= 0.6 is 0 Å². The van der Waals surface area contributed by atoms with E-state index in [0.717, 1.165) is 6.07 Å². The molecule has 23 heavy (non-hydrogen) atoms. The van der Waals surface area contributed by atoms with Gasteiger partial charge in [0, 0.05) is 24.7 Å². The number of phenols is 1. The van der Waals surface area contributed by atoms with Crippen LogP contribution in [0.3, 0.4) is 0 Å². The summed E-state index contributed by atoms with van der Waals surface area (Å²) in [5.74, 6) is 0.604. The lowest BCUT2D eigenvalue weighted by atomic mass is 10.2. The first-order chi connectivity index (χ1) is 11.0. The third-order valence-electron chi connectivity index (χ3n) is 3.47. The molecule has 0 saturated heterocycles. The van der Waals surface area contributed by atoms with E-state index in [9.17, 15) is 15.0 Å². The lowest BCUT2D eigenvalue weighted by Gasteiger charge is -2.08. The molecular formula is C16H15N3O4. The van der Waals surface area contributed by atoms with Crippen LogP contribution in [0.1, 0.15) is 11.6 Å². The molecule has 0 radical (unpaired) electrons. The minimum absolute atomic E-state index is 0.0524. The molecule has 0 aliphatic rings. The molecule has 2 N–H and O–H groups in total. The highest BCUT2D eigenvalue weighted by Gasteiger charge is 2.12. The van der Waals surface area contributed by atoms with Gasteiger partial charge in [-0.3, -0.25) is 4.79 Å². The number of aromatic hydroxyl groups is 2. The molecule has 7 nitrogen and oxygen atoms in total. The Morgan fingerprint density at radius 1 is 1.17 bits per heavy atom. The molecule has 3 aromatic rings. The second-order valence-electron chi connectivity index (χ2n) is 5.11. The van der Waals surface area contributed by atoms with Crippen molar-refractivity contribution in [3.8, 4) is 23.0 Å². The number of nitrogens with zero attached hydrogens (tertiary/aromatic N) is 3. The van der Waals surface area contributed by atoms with Crippen LogP contribution in [0.5, 0.6) is 11.5 Å². The van der Waals surface area contributed by atoms with Gasteiger partial charge in [-0.05, 0) is 25.1 Å². The Kier molecular flexibility index (Phi) is 3.84. The second kappa shape index (κ2) is 5.96. The van der Waals surface area contributed by atoms with Crippen LogP contribution in [-0.2, 0) is 13.0 Å². The van der Waals surface area contributed by atoms with Crippen molar-refractivity contribution in [1.29, 1.82) is 0 Å². The summed E-state index contributed by atoms with van der Waals surface area (Å²) < 4.78 is 7.05. The number of pyridine rings is 1. The SMILES string of the molecule is Cc1cc(O)cc(=O)n1CCc1nnc(-c2ccccc2O)o1. The van der Waals surface area contributed by atoms with Crippen molar-refractivity contribution < 1.29 is 14.6 Å². The van der Waals surface area contributed by atoms with Gasteiger partial charge in [-0.15, -0.1) is 10.2 Å². The van der Waals surface area contributed by atoms with Crippen molar-refractivity contribution in [2.24, 2.45) is 0 Å². The van der Waals surface area contributed by atoms with Crippen molar-refractivity contribution in [1.82, 2.24) is 14.8 Å². The third-order valence-corrected chi connectivity index (χ3v) is 3.47. The smallest absolute Gasteiger partial charge is 0.254 e. The van der Waals surface area contributed by atoms with E-state index in [1.165, 1.54) is 10.6 Å². The van der Waals surface area contributed by atoms with Crippen LogP contribution < -0.4 is 5.56 Å². The summed E-state index contributed by atoms with van der Waals surface area (Å²) in [5.41, 5.74) is 0.822. The van der Waals surface area contributed by atoms with Gasteiger partial charge >= 0.3 is 0 Å². The van der Waals surface area contributed by atoms with Crippen molar-refractivity contribution in [2.45, 2.75) is 19.9 Å². The molecule has 118 valence electrons. The van der Waals surface area contributed by atoms with Gasteiger partial charge < -0.3 is 19.2 Å². The van der Waals surface area contributed by atoms with Crippen molar-refractivity contribution in [3.05, 3.63) is 58.3 Å². The Morgan fingerprint density at radius 3 is 2.70 bits per heavy atom. The molecule has 0 atom stereocenters. The Balaban J connectivity index is 1.78. The summed E-state index contributed by atoms with van der Waals surface area (Å²) >= 11 is 0. The fraction of sp³-hybridized carbons (Fsp3) is 0.188. The van der Waals surface area contributed by atoms with Crippen LogP contribution in [-0.4, -0.2) is 25.0 Å². The number of aryl methyl sites for hydroxylation is 2. The number of benzene rings is 1. The number of para-hydroxylation sites is 1. The number of phenolic OH excluding ortho intramolecular Hbond substituents is 1. The zero-order valence-electron chi connectivity index (χ0n) is 12.4. The van der Waals surface area contributed by atoms with Gasteiger partial charge in [-0.2, -0.15) is 0 Å². The molecule has 0 aliphatic heterocycles. The highest BCUT2D eigenvalue weighted by molar-refractivity contribution is 5.61. The van der Waals surface area contributed by atoms with Crippen LogP contribution in [0.4, 0.5) is 0 Å². The van der Waals surface area contributed by atoms with Gasteiger partial charge in [-0.1, -0.05) is 12.1 Å². The summed E-state index contributed by atoms with van der Waals surface area (Å²) in [5, 5.41) is 27.0. The van der Waals surface area contributed by atoms with E-state index in [1.807, 2.05) is 0 Å². The van der Waals surface area contributed by atoms with Crippen LogP contribution in [0.2, 0.25) is 0 Å². The van der Waals surface area contributed by atoms with E-state index in [1.54, 1.807) is 31.2 Å². The maximum atomic E-state index is 11.9. The molecule has 7 heteroatoms. The summed E-state index contributed by atoms with van der Waals surface area (Å²) in [6.07, 6.45) is 0.367. The molecule has 3 rings (SSSR count).